The van der Waals surface area contributed by atoms with Crippen LogP contribution in [0, 0.1) is 0 Å². The van der Waals surface area contributed by atoms with Gasteiger partial charge < -0.3 is 10.6 Å². The molecule has 1 saturated heterocycles. The van der Waals surface area contributed by atoms with Gasteiger partial charge in [0.25, 0.3) is 0 Å². The molecule has 0 amide bonds. The predicted octanol–water partition coefficient (Wildman–Crippen LogP) is 3.29. The topological polar surface area (TPSA) is 39.7 Å². The van der Waals surface area contributed by atoms with Crippen LogP contribution in [-0.2, 0) is 6.42 Å². The fraction of sp³-hybridized carbons (Fsp3) is 0.450. The molecule has 134 valence electrons. The Morgan fingerprint density at radius 3 is 2.60 bits per heavy atom. The van der Waals surface area contributed by atoms with Crippen molar-refractivity contribution >= 4 is 17.3 Å². The second kappa shape index (κ2) is 9.59. The van der Waals surface area contributed by atoms with Gasteiger partial charge in [-0.15, -0.1) is 11.3 Å². The molecular weight excluding hydrogens is 328 g/mol. The summed E-state index contributed by atoms with van der Waals surface area (Å²) in [4.78, 5) is 8.37. The van der Waals surface area contributed by atoms with Gasteiger partial charge in [-0.3, -0.25) is 9.89 Å². The number of hydrogen-bond donors (Lipinski definition) is 2. The molecule has 1 unspecified atom stereocenters. The van der Waals surface area contributed by atoms with E-state index in [1.165, 1.54) is 36.4 Å². The number of hydrogen-bond acceptors (Lipinski definition) is 3. The highest BCUT2D eigenvalue weighted by atomic mass is 32.1. The maximum Gasteiger partial charge on any atom is 0.191 e. The van der Waals surface area contributed by atoms with Crippen molar-refractivity contribution in [3.05, 3.63) is 58.3 Å². The average molecular weight is 357 g/mol. The summed E-state index contributed by atoms with van der Waals surface area (Å²) in [7, 11) is 1.84. The third-order valence-electron chi connectivity index (χ3n) is 4.70. The number of rotatable bonds is 7. The van der Waals surface area contributed by atoms with Crippen LogP contribution < -0.4 is 10.6 Å². The van der Waals surface area contributed by atoms with E-state index in [4.69, 9.17) is 0 Å². The highest BCUT2D eigenvalue weighted by Gasteiger charge is 2.23. The molecule has 0 saturated carbocycles. The summed E-state index contributed by atoms with van der Waals surface area (Å²) in [5.41, 5.74) is 1.38. The van der Waals surface area contributed by atoms with Gasteiger partial charge in [0.15, 0.2) is 5.96 Å². The van der Waals surface area contributed by atoms with Gasteiger partial charge in [-0.25, -0.2) is 0 Å². The van der Waals surface area contributed by atoms with E-state index in [2.05, 4.69) is 68.4 Å². The molecule has 1 aromatic heterocycles. The first kappa shape index (κ1) is 18.0. The summed E-state index contributed by atoms with van der Waals surface area (Å²) in [5, 5.41) is 9.09. The standard InChI is InChI=1S/C20H28N4S/c1-21-20(22-12-11-18-10-7-15-25-18)23-16-19(24-13-5-6-14-24)17-8-3-2-4-9-17/h2-4,7-10,15,19H,5-6,11-14,16H2,1H3,(H2,21,22,23). The molecule has 25 heavy (non-hydrogen) atoms. The lowest BCUT2D eigenvalue weighted by atomic mass is 10.1. The predicted molar refractivity (Wildman–Crippen MR) is 107 cm³/mol. The van der Waals surface area contributed by atoms with E-state index in [0.717, 1.165) is 25.5 Å². The molecule has 1 fully saturated rings. The van der Waals surface area contributed by atoms with Crippen LogP contribution in [0.5, 0.6) is 0 Å². The van der Waals surface area contributed by atoms with Gasteiger partial charge in [0.1, 0.15) is 0 Å². The Hall–Kier alpha value is -1.85. The van der Waals surface area contributed by atoms with Crippen molar-refractivity contribution in [3.8, 4) is 0 Å². The molecule has 0 aliphatic carbocycles. The first-order chi connectivity index (χ1) is 12.4. The minimum Gasteiger partial charge on any atom is -0.356 e. The molecule has 2 aromatic rings. The summed E-state index contributed by atoms with van der Waals surface area (Å²) in [6.07, 6.45) is 3.64. The van der Waals surface area contributed by atoms with Crippen molar-refractivity contribution in [2.45, 2.75) is 25.3 Å². The first-order valence-corrected chi connectivity index (χ1v) is 10.0. The SMILES string of the molecule is CN=C(NCCc1cccs1)NCC(c1ccccc1)N1CCCC1. The molecule has 4 nitrogen and oxygen atoms in total. The van der Waals surface area contributed by atoms with Crippen LogP contribution in [-0.4, -0.2) is 44.1 Å². The molecule has 0 radical (unpaired) electrons. The van der Waals surface area contributed by atoms with Crippen LogP contribution in [0.2, 0.25) is 0 Å². The van der Waals surface area contributed by atoms with E-state index in [1.54, 1.807) is 0 Å². The molecular formula is C20H28N4S. The first-order valence-electron chi connectivity index (χ1n) is 9.12. The Labute approximate surface area is 155 Å². The van der Waals surface area contributed by atoms with Crippen LogP contribution in [0.25, 0.3) is 0 Å². The second-order valence-electron chi connectivity index (χ2n) is 6.38. The largest absolute Gasteiger partial charge is 0.356 e. The Morgan fingerprint density at radius 2 is 1.92 bits per heavy atom. The van der Waals surface area contributed by atoms with E-state index in [0.29, 0.717) is 6.04 Å². The minimum absolute atomic E-state index is 0.402. The van der Waals surface area contributed by atoms with E-state index in [1.807, 2.05) is 18.4 Å². The van der Waals surface area contributed by atoms with Crippen LogP contribution >= 0.6 is 11.3 Å². The highest BCUT2D eigenvalue weighted by Crippen LogP contribution is 2.24. The smallest absolute Gasteiger partial charge is 0.191 e. The van der Waals surface area contributed by atoms with Crippen molar-refractivity contribution < 1.29 is 0 Å². The maximum absolute atomic E-state index is 4.38. The molecule has 1 aromatic carbocycles. The van der Waals surface area contributed by atoms with Crippen LogP contribution in [0.1, 0.15) is 29.3 Å². The van der Waals surface area contributed by atoms with Crippen molar-refractivity contribution in [2.75, 3.05) is 33.2 Å². The number of aliphatic imine (C=N–C) groups is 1. The van der Waals surface area contributed by atoms with Gasteiger partial charge in [0, 0.05) is 25.0 Å². The summed E-state index contributed by atoms with van der Waals surface area (Å²) in [6, 6.07) is 15.5. The number of benzene rings is 1. The Bertz CT molecular complexity index is 633. The molecule has 1 atom stereocenters. The molecule has 2 heterocycles. The maximum atomic E-state index is 4.38. The number of likely N-dealkylation sites (tertiary alicyclic amines) is 1. The summed E-state index contributed by atoms with van der Waals surface area (Å²) < 4.78 is 0. The van der Waals surface area contributed by atoms with Crippen LogP contribution in [0.3, 0.4) is 0 Å². The van der Waals surface area contributed by atoms with Gasteiger partial charge in [-0.05, 0) is 49.4 Å². The fourth-order valence-corrected chi connectivity index (χ4v) is 4.07. The Morgan fingerprint density at radius 1 is 1.12 bits per heavy atom. The molecule has 1 aliphatic rings. The molecule has 1 aliphatic heterocycles. The van der Waals surface area contributed by atoms with Gasteiger partial charge in [-0.2, -0.15) is 0 Å². The number of nitrogens with zero attached hydrogens (tertiary/aromatic N) is 2. The molecule has 3 rings (SSSR count). The monoisotopic (exact) mass is 356 g/mol. The zero-order valence-electron chi connectivity index (χ0n) is 14.9. The lowest BCUT2D eigenvalue weighted by molar-refractivity contribution is 0.245. The lowest BCUT2D eigenvalue weighted by Gasteiger charge is -2.29. The molecule has 2 N–H and O–H groups in total. The molecule has 5 heteroatoms. The van der Waals surface area contributed by atoms with Crippen molar-refractivity contribution in [1.29, 1.82) is 0 Å². The summed E-state index contributed by atoms with van der Waals surface area (Å²) in [5.74, 6) is 0.886. The number of guanidine groups is 1. The average Bonchev–Trinajstić information content (AvgIpc) is 3.35. The van der Waals surface area contributed by atoms with Gasteiger partial charge in [0.05, 0.1) is 6.04 Å². The van der Waals surface area contributed by atoms with Crippen LogP contribution in [0.15, 0.2) is 52.8 Å². The van der Waals surface area contributed by atoms with E-state index >= 15 is 0 Å². The third-order valence-corrected chi connectivity index (χ3v) is 5.63. The van der Waals surface area contributed by atoms with Crippen molar-refractivity contribution in [3.63, 3.8) is 0 Å². The zero-order chi connectivity index (χ0) is 17.3. The van der Waals surface area contributed by atoms with E-state index in [-0.39, 0.29) is 0 Å². The quantitative estimate of drug-likeness (QED) is 0.591. The highest BCUT2D eigenvalue weighted by molar-refractivity contribution is 7.09. The third kappa shape index (κ3) is 5.31. The number of nitrogens with one attached hydrogen (secondary N) is 2. The second-order valence-corrected chi connectivity index (χ2v) is 7.41. The van der Waals surface area contributed by atoms with Gasteiger partial charge in [-0.1, -0.05) is 36.4 Å². The Balaban J connectivity index is 1.53. The van der Waals surface area contributed by atoms with Crippen molar-refractivity contribution in [2.24, 2.45) is 4.99 Å². The minimum atomic E-state index is 0.402. The summed E-state index contributed by atoms with van der Waals surface area (Å²) in [6.45, 7) is 4.15. The fourth-order valence-electron chi connectivity index (χ4n) is 3.36. The van der Waals surface area contributed by atoms with Crippen molar-refractivity contribution in [1.82, 2.24) is 15.5 Å². The number of thiophene rings is 1. The molecule has 0 spiro atoms. The van der Waals surface area contributed by atoms with Crippen LogP contribution in [0.4, 0.5) is 0 Å². The lowest BCUT2D eigenvalue weighted by Crippen LogP contribution is -2.43. The Kier molecular flexibility index (Phi) is 6.89. The van der Waals surface area contributed by atoms with Gasteiger partial charge >= 0.3 is 0 Å². The molecule has 0 bridgehead atoms. The summed E-state index contributed by atoms with van der Waals surface area (Å²) >= 11 is 1.81. The van der Waals surface area contributed by atoms with E-state index < -0.39 is 0 Å². The normalized spacial score (nSPS) is 16.8. The van der Waals surface area contributed by atoms with E-state index in [9.17, 15) is 0 Å². The zero-order valence-corrected chi connectivity index (χ0v) is 15.8. The van der Waals surface area contributed by atoms with Gasteiger partial charge in [0.2, 0.25) is 0 Å².